The molecule has 0 aliphatic carbocycles. The number of carbonyl (C=O) groups is 2. The lowest BCUT2D eigenvalue weighted by Gasteiger charge is -2.23. The van der Waals surface area contributed by atoms with Gasteiger partial charge in [-0.1, -0.05) is 11.6 Å². The van der Waals surface area contributed by atoms with Crippen LogP contribution in [0.1, 0.15) is 12.5 Å². The molecule has 1 rings (SSSR count). The molecule has 0 saturated heterocycles. The summed E-state index contributed by atoms with van der Waals surface area (Å²) in [6.45, 7) is 1.27. The Hall–Kier alpha value is -1.62. The van der Waals surface area contributed by atoms with Crippen molar-refractivity contribution in [1.29, 1.82) is 0 Å². The summed E-state index contributed by atoms with van der Waals surface area (Å²) < 4.78 is 13.1. The maximum Gasteiger partial charge on any atom is 0.319 e. The Labute approximate surface area is 109 Å². The maximum atomic E-state index is 13.1. The number of carboxylic acids is 1. The third-order valence-electron chi connectivity index (χ3n) is 2.75. The van der Waals surface area contributed by atoms with Gasteiger partial charge >= 0.3 is 5.97 Å². The summed E-state index contributed by atoms with van der Waals surface area (Å²) >= 11 is 5.86. The molecule has 1 aromatic rings. The van der Waals surface area contributed by atoms with Crippen LogP contribution in [0.15, 0.2) is 18.2 Å². The second-order valence-corrected chi connectivity index (χ2v) is 4.54. The number of amides is 1. The summed E-state index contributed by atoms with van der Waals surface area (Å²) in [6, 6.07) is 3.63. The van der Waals surface area contributed by atoms with Crippen LogP contribution in [0.25, 0.3) is 0 Å². The minimum absolute atomic E-state index is 0.182. The molecule has 2 N–H and O–H groups in total. The molecule has 98 valence electrons. The summed E-state index contributed by atoms with van der Waals surface area (Å²) in [6.07, 6.45) is -0.182. The predicted octanol–water partition coefficient (Wildman–Crippen LogP) is 1.86. The van der Waals surface area contributed by atoms with Gasteiger partial charge in [0.15, 0.2) is 0 Å². The first-order chi connectivity index (χ1) is 8.31. The quantitative estimate of drug-likeness (QED) is 0.823. The molecule has 6 heteroatoms. The van der Waals surface area contributed by atoms with Gasteiger partial charge in [-0.3, -0.25) is 9.59 Å². The van der Waals surface area contributed by atoms with Crippen LogP contribution in [0.2, 0.25) is 5.02 Å². The highest BCUT2D eigenvalue weighted by atomic mass is 35.5. The van der Waals surface area contributed by atoms with Gasteiger partial charge in [0.1, 0.15) is 11.2 Å². The van der Waals surface area contributed by atoms with Crippen molar-refractivity contribution in [2.45, 2.75) is 13.3 Å². The molecule has 1 unspecified atom stereocenters. The number of nitrogens with one attached hydrogen (secondary N) is 1. The van der Waals surface area contributed by atoms with Crippen LogP contribution in [-0.2, 0) is 16.0 Å². The minimum atomic E-state index is -1.69. The Morgan fingerprint density at radius 3 is 2.61 bits per heavy atom. The molecular formula is C12H13ClFNO3. The third-order valence-corrected chi connectivity index (χ3v) is 3.12. The van der Waals surface area contributed by atoms with Gasteiger partial charge in [0.05, 0.1) is 0 Å². The SMILES string of the molecule is CNC(=O)C(C)(Cc1cc(F)ccc1Cl)C(=O)O. The molecule has 1 atom stereocenters. The molecule has 0 saturated carbocycles. The largest absolute Gasteiger partial charge is 0.480 e. The van der Waals surface area contributed by atoms with Gasteiger partial charge in [0.2, 0.25) is 5.91 Å². The van der Waals surface area contributed by atoms with Crippen molar-refractivity contribution in [2.24, 2.45) is 5.41 Å². The van der Waals surface area contributed by atoms with E-state index in [1.165, 1.54) is 26.1 Å². The highest BCUT2D eigenvalue weighted by molar-refractivity contribution is 6.31. The van der Waals surface area contributed by atoms with E-state index in [2.05, 4.69) is 5.32 Å². The lowest BCUT2D eigenvalue weighted by Crippen LogP contribution is -2.44. The number of benzene rings is 1. The molecular weight excluding hydrogens is 261 g/mol. The van der Waals surface area contributed by atoms with Crippen LogP contribution in [0.3, 0.4) is 0 Å². The topological polar surface area (TPSA) is 66.4 Å². The Kier molecular flexibility index (Phi) is 4.29. The van der Waals surface area contributed by atoms with E-state index in [9.17, 15) is 14.0 Å². The van der Waals surface area contributed by atoms with Crippen molar-refractivity contribution in [3.05, 3.63) is 34.6 Å². The van der Waals surface area contributed by atoms with Gasteiger partial charge in [-0.25, -0.2) is 4.39 Å². The Bertz CT molecular complexity index is 492. The highest BCUT2D eigenvalue weighted by Crippen LogP contribution is 2.28. The van der Waals surface area contributed by atoms with E-state index in [-0.39, 0.29) is 17.0 Å². The summed E-state index contributed by atoms with van der Waals surface area (Å²) in [5.41, 5.74) is -1.41. The van der Waals surface area contributed by atoms with Crippen LogP contribution in [0, 0.1) is 11.2 Å². The van der Waals surface area contributed by atoms with Crippen LogP contribution in [0.4, 0.5) is 4.39 Å². The van der Waals surface area contributed by atoms with Crippen LogP contribution < -0.4 is 5.32 Å². The lowest BCUT2D eigenvalue weighted by atomic mass is 9.82. The fourth-order valence-corrected chi connectivity index (χ4v) is 1.77. The fourth-order valence-electron chi connectivity index (χ4n) is 1.59. The maximum absolute atomic E-state index is 13.1. The van der Waals surface area contributed by atoms with Gasteiger partial charge in [0, 0.05) is 12.1 Å². The Morgan fingerprint density at radius 1 is 1.50 bits per heavy atom. The molecule has 0 spiro atoms. The zero-order chi connectivity index (χ0) is 13.9. The van der Waals surface area contributed by atoms with Crippen molar-refractivity contribution < 1.29 is 19.1 Å². The van der Waals surface area contributed by atoms with Gasteiger partial charge in [-0.15, -0.1) is 0 Å². The molecule has 1 aromatic carbocycles. The molecule has 4 nitrogen and oxygen atoms in total. The predicted molar refractivity (Wildman–Crippen MR) is 64.9 cm³/mol. The number of aliphatic carboxylic acids is 1. The van der Waals surface area contributed by atoms with Gasteiger partial charge in [0.25, 0.3) is 0 Å². The Morgan fingerprint density at radius 2 is 2.11 bits per heavy atom. The molecule has 0 radical (unpaired) electrons. The Balaban J connectivity index is 3.15. The first kappa shape index (κ1) is 14.4. The van der Waals surface area contributed by atoms with Crippen LogP contribution >= 0.6 is 11.6 Å². The third kappa shape index (κ3) is 2.79. The van der Waals surface area contributed by atoms with Crippen molar-refractivity contribution in [3.63, 3.8) is 0 Å². The summed E-state index contributed by atoms with van der Waals surface area (Å²) in [5, 5.41) is 11.7. The second kappa shape index (κ2) is 5.35. The number of carboxylic acid groups (broad SMARTS) is 1. The zero-order valence-corrected chi connectivity index (χ0v) is 10.7. The standard InChI is InChI=1S/C12H13ClFNO3/c1-12(11(17)18,10(16)15-2)6-7-5-8(14)3-4-9(7)13/h3-5H,6H2,1-2H3,(H,15,16)(H,17,18). The van der Waals surface area contributed by atoms with E-state index in [0.717, 1.165) is 6.07 Å². The van der Waals surface area contributed by atoms with E-state index in [4.69, 9.17) is 16.7 Å². The van der Waals surface area contributed by atoms with Crippen molar-refractivity contribution in [3.8, 4) is 0 Å². The smallest absolute Gasteiger partial charge is 0.319 e. The lowest BCUT2D eigenvalue weighted by molar-refractivity contribution is -0.154. The molecule has 0 aromatic heterocycles. The number of rotatable bonds is 4. The summed E-state index contributed by atoms with van der Waals surface area (Å²) in [7, 11) is 1.34. The van der Waals surface area contributed by atoms with E-state index in [0.29, 0.717) is 0 Å². The van der Waals surface area contributed by atoms with Crippen molar-refractivity contribution >= 4 is 23.5 Å². The summed E-state index contributed by atoms with van der Waals surface area (Å²) in [4.78, 5) is 22.9. The first-order valence-electron chi connectivity index (χ1n) is 5.20. The number of hydrogen-bond acceptors (Lipinski definition) is 2. The number of halogens is 2. The van der Waals surface area contributed by atoms with E-state index < -0.39 is 23.1 Å². The van der Waals surface area contributed by atoms with Crippen molar-refractivity contribution in [1.82, 2.24) is 5.32 Å². The molecule has 1 amide bonds. The minimum Gasteiger partial charge on any atom is -0.480 e. The van der Waals surface area contributed by atoms with Gasteiger partial charge < -0.3 is 10.4 Å². The monoisotopic (exact) mass is 273 g/mol. The van der Waals surface area contributed by atoms with Gasteiger partial charge in [-0.05, 0) is 37.1 Å². The normalized spacial score (nSPS) is 13.8. The molecule has 0 heterocycles. The molecule has 0 fully saturated rings. The van der Waals surface area contributed by atoms with Crippen LogP contribution in [0.5, 0.6) is 0 Å². The van der Waals surface area contributed by atoms with E-state index in [1.807, 2.05) is 0 Å². The second-order valence-electron chi connectivity index (χ2n) is 4.13. The van der Waals surface area contributed by atoms with E-state index in [1.54, 1.807) is 0 Å². The van der Waals surface area contributed by atoms with Gasteiger partial charge in [-0.2, -0.15) is 0 Å². The zero-order valence-electron chi connectivity index (χ0n) is 9.96. The van der Waals surface area contributed by atoms with Crippen molar-refractivity contribution in [2.75, 3.05) is 7.05 Å². The molecule has 18 heavy (non-hydrogen) atoms. The average Bonchev–Trinajstić information content (AvgIpc) is 2.32. The summed E-state index contributed by atoms with van der Waals surface area (Å²) in [5.74, 6) is -2.48. The van der Waals surface area contributed by atoms with E-state index >= 15 is 0 Å². The molecule has 0 aliphatic rings. The highest BCUT2D eigenvalue weighted by Gasteiger charge is 2.41. The number of hydrogen-bond donors (Lipinski definition) is 2. The average molecular weight is 274 g/mol. The first-order valence-corrected chi connectivity index (χ1v) is 5.58. The fraction of sp³-hybridized carbons (Fsp3) is 0.333. The molecule has 0 bridgehead atoms. The molecule has 0 aliphatic heterocycles. The van der Waals surface area contributed by atoms with Crippen LogP contribution in [-0.4, -0.2) is 24.0 Å². The number of carbonyl (C=O) groups excluding carboxylic acids is 1.